The van der Waals surface area contributed by atoms with Crippen molar-refractivity contribution in [3.05, 3.63) is 35.9 Å². The van der Waals surface area contributed by atoms with E-state index in [4.69, 9.17) is 0 Å². The Kier molecular flexibility index (Phi) is 5.33. The van der Waals surface area contributed by atoms with E-state index >= 15 is 0 Å². The first-order chi connectivity index (χ1) is 5.22. The van der Waals surface area contributed by atoms with Crippen molar-refractivity contribution < 1.29 is 5.11 Å². The van der Waals surface area contributed by atoms with Crippen molar-refractivity contribution in [3.63, 3.8) is 0 Å². The molecule has 0 saturated carbocycles. The molecular formula is C10H15LiO. The van der Waals surface area contributed by atoms with Crippen molar-refractivity contribution in [1.29, 1.82) is 0 Å². The normalized spacial score (nSPS) is 12.3. The summed E-state index contributed by atoms with van der Waals surface area (Å²) < 4.78 is 0. The van der Waals surface area contributed by atoms with E-state index < -0.39 is 0 Å². The van der Waals surface area contributed by atoms with Gasteiger partial charge in [0.2, 0.25) is 0 Å². The molecule has 0 spiro atoms. The standard InChI is InChI=1S/C10H14O.Li.H/c1-8(2)10(11)9-6-4-3-5-7-9;;/h3-8,10-11H,1-2H3;;. The molecule has 0 heterocycles. The van der Waals surface area contributed by atoms with Gasteiger partial charge in [0.05, 0.1) is 6.10 Å². The van der Waals surface area contributed by atoms with Gasteiger partial charge in [-0.2, -0.15) is 0 Å². The summed E-state index contributed by atoms with van der Waals surface area (Å²) in [7, 11) is 0. The zero-order valence-electron chi connectivity index (χ0n) is 6.99. The zero-order valence-corrected chi connectivity index (χ0v) is 6.99. The summed E-state index contributed by atoms with van der Waals surface area (Å²) in [4.78, 5) is 0. The first kappa shape index (κ1) is 11.8. The van der Waals surface area contributed by atoms with Gasteiger partial charge in [-0.05, 0) is 11.5 Å². The molecule has 1 rings (SSSR count). The quantitative estimate of drug-likeness (QED) is 0.650. The van der Waals surface area contributed by atoms with Gasteiger partial charge in [-0.25, -0.2) is 0 Å². The van der Waals surface area contributed by atoms with E-state index in [0.717, 1.165) is 5.56 Å². The van der Waals surface area contributed by atoms with Crippen molar-refractivity contribution >= 4 is 18.9 Å². The number of hydrogen-bond acceptors (Lipinski definition) is 1. The summed E-state index contributed by atoms with van der Waals surface area (Å²) in [6.07, 6.45) is -0.323. The Labute approximate surface area is 86.0 Å². The van der Waals surface area contributed by atoms with Crippen LogP contribution < -0.4 is 0 Å². The van der Waals surface area contributed by atoms with Crippen LogP contribution in [0.15, 0.2) is 30.3 Å². The Bertz CT molecular complexity index is 208. The van der Waals surface area contributed by atoms with Crippen molar-refractivity contribution in [1.82, 2.24) is 0 Å². The van der Waals surface area contributed by atoms with Gasteiger partial charge in [-0.15, -0.1) is 0 Å². The Morgan fingerprint density at radius 1 is 1.08 bits per heavy atom. The first-order valence-electron chi connectivity index (χ1n) is 3.95. The molecular weight excluding hydrogens is 143 g/mol. The summed E-state index contributed by atoms with van der Waals surface area (Å²) in [6, 6.07) is 9.74. The number of benzene rings is 1. The number of hydrogen-bond donors (Lipinski definition) is 1. The van der Waals surface area contributed by atoms with Crippen LogP contribution in [0.5, 0.6) is 0 Å². The molecule has 1 aromatic rings. The predicted octanol–water partition coefficient (Wildman–Crippen LogP) is 1.73. The fourth-order valence-electron chi connectivity index (χ4n) is 1.04. The molecule has 0 aliphatic carbocycles. The SMILES string of the molecule is CC(C)C(O)c1ccccc1.[LiH]. The van der Waals surface area contributed by atoms with Crippen molar-refractivity contribution in [2.45, 2.75) is 20.0 Å². The summed E-state index contributed by atoms with van der Waals surface area (Å²) in [5.74, 6) is 0.289. The molecule has 62 valence electrons. The molecule has 1 N–H and O–H groups in total. The van der Waals surface area contributed by atoms with Gasteiger partial charge in [-0.1, -0.05) is 44.2 Å². The summed E-state index contributed by atoms with van der Waals surface area (Å²) in [5, 5.41) is 9.60. The topological polar surface area (TPSA) is 20.2 Å². The number of aliphatic hydroxyl groups is 1. The van der Waals surface area contributed by atoms with E-state index in [0.29, 0.717) is 0 Å². The van der Waals surface area contributed by atoms with Crippen LogP contribution in [0.3, 0.4) is 0 Å². The monoisotopic (exact) mass is 158 g/mol. The average Bonchev–Trinajstić information content (AvgIpc) is 2.05. The van der Waals surface area contributed by atoms with E-state index in [-0.39, 0.29) is 30.9 Å². The fraction of sp³-hybridized carbons (Fsp3) is 0.400. The summed E-state index contributed by atoms with van der Waals surface area (Å²) >= 11 is 0. The molecule has 0 aromatic heterocycles. The Balaban J connectivity index is 0.00000121. The molecule has 0 aliphatic heterocycles. The van der Waals surface area contributed by atoms with E-state index in [1.807, 2.05) is 44.2 Å². The molecule has 1 nitrogen and oxygen atoms in total. The van der Waals surface area contributed by atoms with E-state index in [9.17, 15) is 5.11 Å². The maximum atomic E-state index is 9.60. The molecule has 1 unspecified atom stereocenters. The molecule has 12 heavy (non-hydrogen) atoms. The second-order valence-corrected chi connectivity index (χ2v) is 3.10. The van der Waals surface area contributed by atoms with Crippen LogP contribution in [0.25, 0.3) is 0 Å². The van der Waals surface area contributed by atoms with Gasteiger partial charge in [0.25, 0.3) is 0 Å². The van der Waals surface area contributed by atoms with E-state index in [1.165, 1.54) is 0 Å². The minimum atomic E-state index is -0.323. The van der Waals surface area contributed by atoms with Crippen LogP contribution in [-0.4, -0.2) is 24.0 Å². The van der Waals surface area contributed by atoms with Gasteiger partial charge in [0.15, 0.2) is 0 Å². The zero-order chi connectivity index (χ0) is 8.27. The Morgan fingerprint density at radius 3 is 2.00 bits per heavy atom. The molecule has 0 amide bonds. The summed E-state index contributed by atoms with van der Waals surface area (Å²) in [5.41, 5.74) is 1.00. The molecule has 0 radical (unpaired) electrons. The van der Waals surface area contributed by atoms with Crippen molar-refractivity contribution in [3.8, 4) is 0 Å². The third-order valence-electron chi connectivity index (χ3n) is 1.77. The van der Waals surface area contributed by atoms with Crippen LogP contribution in [0, 0.1) is 5.92 Å². The van der Waals surface area contributed by atoms with Crippen LogP contribution in [0.1, 0.15) is 25.5 Å². The molecule has 2 heteroatoms. The molecule has 0 bridgehead atoms. The second-order valence-electron chi connectivity index (χ2n) is 3.10. The fourth-order valence-corrected chi connectivity index (χ4v) is 1.04. The molecule has 0 aliphatic rings. The van der Waals surface area contributed by atoms with Crippen LogP contribution in [0.4, 0.5) is 0 Å². The van der Waals surface area contributed by atoms with Crippen LogP contribution in [-0.2, 0) is 0 Å². The minimum absolute atomic E-state index is 0. The average molecular weight is 158 g/mol. The Morgan fingerprint density at radius 2 is 1.58 bits per heavy atom. The molecule has 0 saturated heterocycles. The van der Waals surface area contributed by atoms with Crippen molar-refractivity contribution in [2.75, 3.05) is 0 Å². The second kappa shape index (κ2) is 5.43. The maximum absolute atomic E-state index is 9.60. The third-order valence-corrected chi connectivity index (χ3v) is 1.77. The van der Waals surface area contributed by atoms with Gasteiger partial charge in [0.1, 0.15) is 0 Å². The van der Waals surface area contributed by atoms with E-state index in [2.05, 4.69) is 0 Å². The number of aliphatic hydroxyl groups excluding tert-OH is 1. The number of rotatable bonds is 2. The first-order valence-corrected chi connectivity index (χ1v) is 3.95. The molecule has 1 aromatic carbocycles. The molecule has 0 fully saturated rings. The summed E-state index contributed by atoms with van der Waals surface area (Å²) in [6.45, 7) is 4.02. The predicted molar refractivity (Wildman–Crippen MR) is 53.4 cm³/mol. The van der Waals surface area contributed by atoms with E-state index in [1.54, 1.807) is 0 Å². The van der Waals surface area contributed by atoms with Crippen LogP contribution in [0.2, 0.25) is 0 Å². The van der Waals surface area contributed by atoms with Gasteiger partial charge in [0, 0.05) is 0 Å². The van der Waals surface area contributed by atoms with Gasteiger partial charge in [-0.3, -0.25) is 0 Å². The van der Waals surface area contributed by atoms with Crippen molar-refractivity contribution in [2.24, 2.45) is 5.92 Å². The molecule has 1 atom stereocenters. The van der Waals surface area contributed by atoms with Crippen LogP contribution >= 0.6 is 0 Å². The third kappa shape index (κ3) is 3.03. The Hall–Kier alpha value is -0.223. The van der Waals surface area contributed by atoms with Gasteiger partial charge < -0.3 is 5.11 Å². The van der Waals surface area contributed by atoms with Gasteiger partial charge >= 0.3 is 18.9 Å².